The van der Waals surface area contributed by atoms with Crippen molar-refractivity contribution in [3.05, 3.63) is 0 Å². The van der Waals surface area contributed by atoms with Crippen LogP contribution in [0.2, 0.25) is 19.1 Å². The third-order valence-corrected chi connectivity index (χ3v) is 4.79. The van der Waals surface area contributed by atoms with E-state index in [-0.39, 0.29) is 0 Å². The van der Waals surface area contributed by atoms with E-state index in [0.29, 0.717) is 13.2 Å². The molecule has 0 spiro atoms. The molecule has 0 atom stereocenters. The van der Waals surface area contributed by atoms with E-state index in [9.17, 15) is 0 Å². The number of nitrogens with one attached hydrogen (secondary N) is 1. The zero-order valence-electron chi connectivity index (χ0n) is 10.3. The molecule has 0 aliphatic carbocycles. The van der Waals surface area contributed by atoms with Gasteiger partial charge in [-0.25, -0.2) is 5.48 Å². The van der Waals surface area contributed by atoms with Crippen LogP contribution in [0.3, 0.4) is 0 Å². The minimum atomic E-state index is -1.37. The highest BCUT2D eigenvalue weighted by atomic mass is 28.4. The molecule has 0 fully saturated rings. The molecule has 0 aromatic carbocycles. The molecular formula is C10H26N2O2Si. The van der Waals surface area contributed by atoms with E-state index in [4.69, 9.17) is 15.0 Å². The fourth-order valence-corrected chi connectivity index (χ4v) is 3.44. The van der Waals surface area contributed by atoms with Gasteiger partial charge in [0, 0.05) is 19.7 Å². The second-order valence-electron chi connectivity index (χ2n) is 4.18. The number of unbranched alkanes of at least 4 members (excludes halogenated alkanes) is 1. The maximum absolute atomic E-state index is 5.75. The van der Waals surface area contributed by atoms with Gasteiger partial charge in [-0.05, 0) is 32.5 Å². The molecule has 0 aliphatic rings. The first-order chi connectivity index (χ1) is 7.12. The Kier molecular flexibility index (Phi) is 9.33. The Hall–Kier alpha value is 0.0569. The fraction of sp³-hybridized carbons (Fsp3) is 1.00. The van der Waals surface area contributed by atoms with Gasteiger partial charge in [-0.15, -0.1) is 0 Å². The van der Waals surface area contributed by atoms with Crippen LogP contribution in [0, 0.1) is 0 Å². The van der Waals surface area contributed by atoms with Crippen molar-refractivity contribution >= 4 is 8.32 Å². The molecule has 0 saturated heterocycles. The van der Waals surface area contributed by atoms with Crippen molar-refractivity contribution in [1.82, 2.24) is 5.48 Å². The lowest BCUT2D eigenvalue weighted by Crippen LogP contribution is -2.30. The standard InChI is InChI=1S/C10H26N2O2Si/c1-4-14-15(2,3)10-6-5-8-12-13-9-7-11/h12H,4-11H2,1-3H3. The van der Waals surface area contributed by atoms with Crippen LogP contribution in [0.15, 0.2) is 0 Å². The first kappa shape index (κ1) is 15.1. The van der Waals surface area contributed by atoms with Gasteiger partial charge < -0.3 is 15.0 Å². The summed E-state index contributed by atoms with van der Waals surface area (Å²) in [6.07, 6.45) is 2.34. The molecule has 0 bridgehead atoms. The molecule has 4 nitrogen and oxygen atoms in total. The van der Waals surface area contributed by atoms with Gasteiger partial charge in [-0.1, -0.05) is 6.42 Å². The van der Waals surface area contributed by atoms with Crippen LogP contribution in [0.1, 0.15) is 19.8 Å². The quantitative estimate of drug-likeness (QED) is 0.342. The largest absolute Gasteiger partial charge is 0.418 e. The van der Waals surface area contributed by atoms with Crippen molar-refractivity contribution in [1.29, 1.82) is 0 Å². The molecule has 15 heavy (non-hydrogen) atoms. The van der Waals surface area contributed by atoms with E-state index >= 15 is 0 Å². The second kappa shape index (κ2) is 9.29. The lowest BCUT2D eigenvalue weighted by atomic mass is 10.3. The minimum Gasteiger partial charge on any atom is -0.418 e. The summed E-state index contributed by atoms with van der Waals surface area (Å²) in [7, 11) is -1.37. The van der Waals surface area contributed by atoms with Crippen LogP contribution in [-0.2, 0) is 9.26 Å². The van der Waals surface area contributed by atoms with Crippen LogP contribution < -0.4 is 11.2 Å². The predicted octanol–water partition coefficient (Wildman–Crippen LogP) is 1.49. The highest BCUT2D eigenvalue weighted by molar-refractivity contribution is 6.71. The molecule has 0 aromatic rings. The summed E-state index contributed by atoms with van der Waals surface area (Å²) in [5.74, 6) is 0. The summed E-state index contributed by atoms with van der Waals surface area (Å²) in [4.78, 5) is 5.07. The molecule has 0 rings (SSSR count). The predicted molar refractivity (Wildman–Crippen MR) is 66.2 cm³/mol. The molecule has 0 unspecified atom stereocenters. The molecule has 92 valence electrons. The SMILES string of the molecule is CCO[Si](C)(C)CCCCNOCCN. The van der Waals surface area contributed by atoms with Crippen molar-refractivity contribution < 1.29 is 9.26 Å². The van der Waals surface area contributed by atoms with E-state index in [1.165, 1.54) is 12.5 Å². The molecule has 0 heterocycles. The number of hydroxylamine groups is 1. The van der Waals surface area contributed by atoms with Crippen LogP contribution in [-0.4, -0.2) is 34.6 Å². The second-order valence-corrected chi connectivity index (χ2v) is 8.49. The minimum absolute atomic E-state index is 0.567. The van der Waals surface area contributed by atoms with Crippen LogP contribution in [0.5, 0.6) is 0 Å². The van der Waals surface area contributed by atoms with E-state index in [0.717, 1.165) is 19.6 Å². The Balaban J connectivity index is 3.22. The average molecular weight is 234 g/mol. The molecule has 0 radical (unpaired) electrons. The Morgan fingerprint density at radius 1 is 1.27 bits per heavy atom. The Labute approximate surface area is 94.6 Å². The van der Waals surface area contributed by atoms with Gasteiger partial charge in [0.05, 0.1) is 6.61 Å². The van der Waals surface area contributed by atoms with Gasteiger partial charge in [0.2, 0.25) is 0 Å². The number of nitrogens with two attached hydrogens (primary N) is 1. The van der Waals surface area contributed by atoms with Crippen LogP contribution in [0.25, 0.3) is 0 Å². The Morgan fingerprint density at radius 2 is 2.00 bits per heavy atom. The summed E-state index contributed by atoms with van der Waals surface area (Å²) < 4.78 is 5.75. The number of hydrogen-bond acceptors (Lipinski definition) is 4. The third kappa shape index (κ3) is 10.3. The molecule has 0 aliphatic heterocycles. The zero-order valence-corrected chi connectivity index (χ0v) is 11.3. The smallest absolute Gasteiger partial charge is 0.186 e. The summed E-state index contributed by atoms with van der Waals surface area (Å²) in [6, 6.07) is 1.22. The van der Waals surface area contributed by atoms with E-state index in [2.05, 4.69) is 25.5 Å². The topological polar surface area (TPSA) is 56.5 Å². The highest BCUT2D eigenvalue weighted by Gasteiger charge is 2.20. The first-order valence-corrected chi connectivity index (χ1v) is 8.92. The van der Waals surface area contributed by atoms with Crippen molar-refractivity contribution in [3.8, 4) is 0 Å². The van der Waals surface area contributed by atoms with E-state index < -0.39 is 8.32 Å². The van der Waals surface area contributed by atoms with Crippen LogP contribution >= 0.6 is 0 Å². The number of rotatable bonds is 10. The van der Waals surface area contributed by atoms with Crippen molar-refractivity contribution in [2.45, 2.75) is 38.9 Å². The van der Waals surface area contributed by atoms with Gasteiger partial charge in [0.25, 0.3) is 0 Å². The molecule has 0 amide bonds. The van der Waals surface area contributed by atoms with Gasteiger partial charge in [-0.3, -0.25) is 0 Å². The maximum atomic E-state index is 5.75. The van der Waals surface area contributed by atoms with E-state index in [1.54, 1.807) is 0 Å². The highest BCUT2D eigenvalue weighted by Crippen LogP contribution is 2.14. The molecule has 0 aromatic heterocycles. The van der Waals surface area contributed by atoms with Crippen molar-refractivity contribution in [2.75, 3.05) is 26.3 Å². The van der Waals surface area contributed by atoms with Crippen molar-refractivity contribution in [2.24, 2.45) is 5.73 Å². The number of hydrogen-bond donors (Lipinski definition) is 2. The molecule has 5 heteroatoms. The maximum Gasteiger partial charge on any atom is 0.186 e. The summed E-state index contributed by atoms with van der Waals surface area (Å²) in [5.41, 5.74) is 8.18. The lowest BCUT2D eigenvalue weighted by molar-refractivity contribution is 0.0461. The summed E-state index contributed by atoms with van der Waals surface area (Å²) in [6.45, 7) is 9.50. The van der Waals surface area contributed by atoms with Gasteiger partial charge >= 0.3 is 0 Å². The monoisotopic (exact) mass is 234 g/mol. The normalized spacial score (nSPS) is 12.0. The van der Waals surface area contributed by atoms with E-state index in [1.807, 2.05) is 0 Å². The van der Waals surface area contributed by atoms with Crippen LogP contribution in [0.4, 0.5) is 0 Å². The van der Waals surface area contributed by atoms with Crippen molar-refractivity contribution in [3.63, 3.8) is 0 Å². The molecule has 0 saturated carbocycles. The summed E-state index contributed by atoms with van der Waals surface area (Å²) in [5, 5.41) is 0. The zero-order chi connectivity index (χ0) is 11.6. The first-order valence-electron chi connectivity index (χ1n) is 5.81. The van der Waals surface area contributed by atoms with Gasteiger partial charge in [0.15, 0.2) is 8.32 Å². The van der Waals surface area contributed by atoms with Gasteiger partial charge in [0.1, 0.15) is 0 Å². The average Bonchev–Trinajstić information content (AvgIpc) is 2.16. The Morgan fingerprint density at radius 3 is 2.60 bits per heavy atom. The molecular weight excluding hydrogens is 208 g/mol. The van der Waals surface area contributed by atoms with Gasteiger partial charge in [-0.2, -0.15) is 0 Å². The Bertz CT molecular complexity index is 145. The molecule has 3 N–H and O–H groups in total. The lowest BCUT2D eigenvalue weighted by Gasteiger charge is -2.21. The fourth-order valence-electron chi connectivity index (χ4n) is 1.41. The third-order valence-electron chi connectivity index (χ3n) is 2.16. The summed E-state index contributed by atoms with van der Waals surface area (Å²) >= 11 is 0.